The number of nitrogens with zero attached hydrogens (tertiary/aromatic N) is 1. The molecule has 1 aliphatic carbocycles. The number of carbonyl (C=O) groups is 1. The van der Waals surface area contributed by atoms with Crippen LogP contribution in [0.25, 0.3) is 0 Å². The average molecular weight is 326 g/mol. The molecule has 3 rings (SSSR count). The topological polar surface area (TPSA) is 29.5 Å². The second-order valence-electron chi connectivity index (χ2n) is 7.47. The zero-order chi connectivity index (χ0) is 17.0. The zero-order valence-corrected chi connectivity index (χ0v) is 14.8. The summed E-state index contributed by atoms with van der Waals surface area (Å²) in [6.07, 6.45) is 10.3. The van der Waals surface area contributed by atoms with Crippen LogP contribution >= 0.6 is 0 Å². The van der Waals surface area contributed by atoms with E-state index in [2.05, 4.69) is 44.2 Å². The predicted octanol–water partition coefficient (Wildman–Crippen LogP) is 4.59. The number of rotatable bonds is 3. The largest absolute Gasteiger partial charge is 0.446 e. The Hall–Kier alpha value is -1.51. The van der Waals surface area contributed by atoms with Gasteiger partial charge in [0, 0.05) is 19.0 Å². The van der Waals surface area contributed by atoms with Crippen molar-refractivity contribution in [2.45, 2.75) is 51.0 Å². The van der Waals surface area contributed by atoms with Gasteiger partial charge in [0.25, 0.3) is 0 Å². The Bertz CT molecular complexity index is 534. The molecular formula is C21H28NO2. The Kier molecular flexibility index (Phi) is 5.47. The molecule has 1 aromatic carbocycles. The SMILES string of the molecule is CC(C)(c1ccccc1)[C@@H]1CCCC[C@H]1OC(=O)N1C[CH][CH][CH]C1. The van der Waals surface area contributed by atoms with Gasteiger partial charge in [-0.2, -0.15) is 0 Å². The summed E-state index contributed by atoms with van der Waals surface area (Å²) in [7, 11) is 0. The number of likely N-dealkylation sites (tertiary alicyclic amines) is 1. The number of piperidine rings is 1. The monoisotopic (exact) mass is 326 g/mol. The third-order valence-electron chi connectivity index (χ3n) is 5.58. The first-order chi connectivity index (χ1) is 11.6. The van der Waals surface area contributed by atoms with Crippen LogP contribution in [0.5, 0.6) is 0 Å². The summed E-state index contributed by atoms with van der Waals surface area (Å²) < 4.78 is 5.98. The maximum atomic E-state index is 12.5. The molecule has 1 saturated heterocycles. The van der Waals surface area contributed by atoms with Gasteiger partial charge in [0.1, 0.15) is 6.10 Å². The Morgan fingerprint density at radius 2 is 1.75 bits per heavy atom. The highest BCUT2D eigenvalue weighted by molar-refractivity contribution is 5.68. The minimum absolute atomic E-state index is 0.000548. The highest BCUT2D eigenvalue weighted by Crippen LogP contribution is 2.42. The van der Waals surface area contributed by atoms with Crippen LogP contribution in [0.3, 0.4) is 0 Å². The Balaban J connectivity index is 1.72. The number of benzene rings is 1. The molecule has 3 radical (unpaired) electrons. The average Bonchev–Trinajstić information content (AvgIpc) is 2.63. The maximum Gasteiger partial charge on any atom is 0.410 e. The first-order valence-corrected chi connectivity index (χ1v) is 9.08. The first kappa shape index (κ1) is 17.3. The van der Waals surface area contributed by atoms with Crippen molar-refractivity contribution in [2.24, 2.45) is 5.92 Å². The summed E-state index contributed by atoms with van der Waals surface area (Å²) in [5.41, 5.74) is 1.33. The lowest BCUT2D eigenvalue weighted by molar-refractivity contribution is -0.00483. The van der Waals surface area contributed by atoms with Crippen LogP contribution in [0.2, 0.25) is 0 Å². The van der Waals surface area contributed by atoms with Crippen LogP contribution in [-0.4, -0.2) is 30.2 Å². The molecule has 24 heavy (non-hydrogen) atoms. The van der Waals surface area contributed by atoms with Crippen LogP contribution in [0.4, 0.5) is 4.79 Å². The highest BCUT2D eigenvalue weighted by Gasteiger charge is 2.40. The van der Waals surface area contributed by atoms with E-state index in [4.69, 9.17) is 4.74 Å². The van der Waals surface area contributed by atoms with E-state index in [9.17, 15) is 4.79 Å². The van der Waals surface area contributed by atoms with E-state index in [1.807, 2.05) is 19.3 Å². The molecule has 0 aromatic heterocycles. The fourth-order valence-electron chi connectivity index (χ4n) is 4.05. The Morgan fingerprint density at radius 3 is 2.46 bits per heavy atom. The summed E-state index contributed by atoms with van der Waals surface area (Å²) >= 11 is 0. The lowest BCUT2D eigenvalue weighted by Gasteiger charge is -2.43. The molecule has 2 fully saturated rings. The number of carbonyl (C=O) groups excluding carboxylic acids is 1. The van der Waals surface area contributed by atoms with Crippen molar-refractivity contribution in [2.75, 3.05) is 13.1 Å². The minimum Gasteiger partial charge on any atom is -0.446 e. The van der Waals surface area contributed by atoms with Gasteiger partial charge in [-0.15, -0.1) is 0 Å². The van der Waals surface area contributed by atoms with E-state index in [-0.39, 0.29) is 17.6 Å². The molecule has 129 valence electrons. The van der Waals surface area contributed by atoms with Gasteiger partial charge in [0.15, 0.2) is 0 Å². The summed E-state index contributed by atoms with van der Waals surface area (Å²) in [4.78, 5) is 14.3. The predicted molar refractivity (Wildman–Crippen MR) is 96.2 cm³/mol. The van der Waals surface area contributed by atoms with Gasteiger partial charge in [-0.1, -0.05) is 50.6 Å². The standard InChI is InChI=1S/C21H28NO2/c1-21(2,17-11-5-3-6-12-17)18-13-7-8-14-19(18)24-20(23)22-15-9-4-10-16-22/h3-6,9-12,18-19H,7-8,13-16H2,1-2H3/t18-,19-/m1/s1. The smallest absolute Gasteiger partial charge is 0.410 e. The van der Waals surface area contributed by atoms with Crippen LogP contribution in [0.1, 0.15) is 45.1 Å². The number of amides is 1. The molecule has 0 N–H and O–H groups in total. The van der Waals surface area contributed by atoms with Gasteiger partial charge in [-0.05, 0) is 49.5 Å². The van der Waals surface area contributed by atoms with Crippen LogP contribution in [0, 0.1) is 25.2 Å². The molecule has 1 heterocycles. The summed E-state index contributed by atoms with van der Waals surface area (Å²) in [5.74, 6) is 0.363. The Labute approximate surface area is 146 Å². The molecule has 1 saturated carbocycles. The lowest BCUT2D eigenvalue weighted by atomic mass is 9.66. The molecule has 0 bridgehead atoms. The van der Waals surface area contributed by atoms with Crippen LogP contribution in [-0.2, 0) is 10.2 Å². The van der Waals surface area contributed by atoms with Gasteiger partial charge in [-0.3, -0.25) is 0 Å². The van der Waals surface area contributed by atoms with Gasteiger partial charge >= 0.3 is 6.09 Å². The first-order valence-electron chi connectivity index (χ1n) is 9.08. The molecule has 3 heteroatoms. The Morgan fingerprint density at radius 1 is 1.08 bits per heavy atom. The second kappa shape index (κ2) is 7.58. The molecule has 1 aliphatic heterocycles. The highest BCUT2D eigenvalue weighted by atomic mass is 16.6. The molecular weight excluding hydrogens is 298 g/mol. The fraction of sp³-hybridized carbons (Fsp3) is 0.524. The molecule has 2 aliphatic rings. The molecule has 0 unspecified atom stereocenters. The summed E-state index contributed by atoms with van der Waals surface area (Å²) in [6, 6.07) is 10.6. The van der Waals surface area contributed by atoms with Crippen molar-refractivity contribution >= 4 is 6.09 Å². The van der Waals surface area contributed by atoms with Crippen molar-refractivity contribution < 1.29 is 9.53 Å². The van der Waals surface area contributed by atoms with Crippen molar-refractivity contribution in [1.82, 2.24) is 4.90 Å². The van der Waals surface area contributed by atoms with Crippen molar-refractivity contribution in [3.8, 4) is 0 Å². The minimum atomic E-state index is -0.170. The van der Waals surface area contributed by atoms with E-state index in [1.165, 1.54) is 12.0 Å². The van der Waals surface area contributed by atoms with Crippen molar-refractivity contribution in [3.05, 3.63) is 55.2 Å². The number of hydrogen-bond acceptors (Lipinski definition) is 2. The quantitative estimate of drug-likeness (QED) is 0.813. The van der Waals surface area contributed by atoms with E-state index in [0.29, 0.717) is 19.0 Å². The molecule has 2 atom stereocenters. The van der Waals surface area contributed by atoms with Crippen LogP contribution < -0.4 is 0 Å². The summed E-state index contributed by atoms with van der Waals surface area (Å²) in [5, 5.41) is 0. The van der Waals surface area contributed by atoms with Crippen molar-refractivity contribution in [3.63, 3.8) is 0 Å². The zero-order valence-electron chi connectivity index (χ0n) is 14.8. The van der Waals surface area contributed by atoms with E-state index in [0.717, 1.165) is 19.3 Å². The third-order valence-corrected chi connectivity index (χ3v) is 5.58. The molecule has 1 aromatic rings. The maximum absolute atomic E-state index is 12.5. The van der Waals surface area contributed by atoms with E-state index in [1.54, 1.807) is 4.90 Å². The van der Waals surface area contributed by atoms with Gasteiger partial charge < -0.3 is 9.64 Å². The molecule has 0 spiro atoms. The third kappa shape index (κ3) is 3.76. The lowest BCUT2D eigenvalue weighted by Crippen LogP contribution is -2.45. The second-order valence-corrected chi connectivity index (χ2v) is 7.47. The fourth-order valence-corrected chi connectivity index (χ4v) is 4.05. The van der Waals surface area contributed by atoms with Crippen molar-refractivity contribution in [1.29, 1.82) is 0 Å². The van der Waals surface area contributed by atoms with Gasteiger partial charge in [-0.25, -0.2) is 4.79 Å². The molecule has 3 nitrogen and oxygen atoms in total. The van der Waals surface area contributed by atoms with Gasteiger partial charge in [0.2, 0.25) is 0 Å². The van der Waals surface area contributed by atoms with Gasteiger partial charge in [0.05, 0.1) is 0 Å². The number of ether oxygens (including phenoxy) is 1. The van der Waals surface area contributed by atoms with E-state index >= 15 is 0 Å². The number of hydrogen-bond donors (Lipinski definition) is 0. The normalized spacial score (nSPS) is 25.3. The molecule has 1 amide bonds. The van der Waals surface area contributed by atoms with E-state index < -0.39 is 0 Å². The summed E-state index contributed by atoms with van der Waals surface area (Å²) in [6.45, 7) is 5.87. The van der Waals surface area contributed by atoms with Crippen LogP contribution in [0.15, 0.2) is 30.3 Å².